The van der Waals surface area contributed by atoms with E-state index >= 15 is 0 Å². The molecule has 1 aromatic heterocycles. The molecule has 19 heavy (non-hydrogen) atoms. The largest absolute Gasteiger partial charge is 0.480 e. The van der Waals surface area contributed by atoms with Crippen LogP contribution in [-0.4, -0.2) is 29.7 Å². The van der Waals surface area contributed by atoms with Crippen molar-refractivity contribution in [1.82, 2.24) is 14.9 Å². The molecule has 1 heterocycles. The fourth-order valence-corrected chi connectivity index (χ4v) is 2.60. The molecule has 0 amide bonds. The SMILES string of the molecule is O=C(O)C(NS(=O)(=O)c1cn[nH]c1)c1ccccc1. The van der Waals surface area contributed by atoms with Crippen molar-refractivity contribution in [3.63, 3.8) is 0 Å². The zero-order chi connectivity index (χ0) is 13.9. The lowest BCUT2D eigenvalue weighted by atomic mass is 10.1. The smallest absolute Gasteiger partial charge is 0.326 e. The second kappa shape index (κ2) is 5.21. The molecule has 0 saturated carbocycles. The minimum Gasteiger partial charge on any atom is -0.480 e. The third kappa shape index (κ3) is 2.98. The molecule has 0 spiro atoms. The van der Waals surface area contributed by atoms with Gasteiger partial charge in [-0.2, -0.15) is 9.82 Å². The zero-order valence-corrected chi connectivity index (χ0v) is 10.5. The van der Waals surface area contributed by atoms with Gasteiger partial charge in [-0.1, -0.05) is 30.3 Å². The molecule has 0 saturated heterocycles. The number of aliphatic carboxylic acids is 1. The summed E-state index contributed by atoms with van der Waals surface area (Å²) in [6.45, 7) is 0. The molecule has 1 atom stereocenters. The van der Waals surface area contributed by atoms with E-state index < -0.39 is 22.0 Å². The first-order chi connectivity index (χ1) is 9.00. The molecule has 0 aliphatic carbocycles. The lowest BCUT2D eigenvalue weighted by Crippen LogP contribution is -2.33. The molecule has 0 aliphatic heterocycles. The van der Waals surface area contributed by atoms with Gasteiger partial charge < -0.3 is 5.11 Å². The number of sulfonamides is 1. The topological polar surface area (TPSA) is 112 Å². The van der Waals surface area contributed by atoms with Crippen molar-refractivity contribution < 1.29 is 18.3 Å². The fraction of sp³-hybridized carbons (Fsp3) is 0.0909. The van der Waals surface area contributed by atoms with E-state index in [-0.39, 0.29) is 4.90 Å². The summed E-state index contributed by atoms with van der Waals surface area (Å²) in [7, 11) is -3.93. The highest BCUT2D eigenvalue weighted by molar-refractivity contribution is 7.89. The van der Waals surface area contributed by atoms with Crippen molar-refractivity contribution in [2.75, 3.05) is 0 Å². The van der Waals surface area contributed by atoms with Crippen LogP contribution >= 0.6 is 0 Å². The molecule has 0 radical (unpaired) electrons. The van der Waals surface area contributed by atoms with Crippen LogP contribution < -0.4 is 4.72 Å². The van der Waals surface area contributed by atoms with E-state index in [2.05, 4.69) is 14.9 Å². The maximum atomic E-state index is 11.9. The van der Waals surface area contributed by atoms with Crippen LogP contribution in [0.25, 0.3) is 0 Å². The minimum absolute atomic E-state index is 0.116. The summed E-state index contributed by atoms with van der Waals surface area (Å²) >= 11 is 0. The molecule has 0 bridgehead atoms. The number of aromatic nitrogens is 2. The Hall–Kier alpha value is -2.19. The fourth-order valence-electron chi connectivity index (χ4n) is 1.52. The van der Waals surface area contributed by atoms with Gasteiger partial charge in [0.15, 0.2) is 0 Å². The van der Waals surface area contributed by atoms with E-state index in [1.807, 2.05) is 0 Å². The summed E-state index contributed by atoms with van der Waals surface area (Å²) in [5.41, 5.74) is 0.349. The average molecular weight is 281 g/mol. The molecule has 2 rings (SSSR count). The third-order valence-corrected chi connectivity index (χ3v) is 3.83. The Balaban J connectivity index is 2.31. The summed E-state index contributed by atoms with van der Waals surface area (Å²) < 4.78 is 26.0. The predicted octanol–water partition coefficient (Wildman–Crippen LogP) is 0.514. The normalized spacial score (nSPS) is 13.1. The van der Waals surface area contributed by atoms with Crippen molar-refractivity contribution >= 4 is 16.0 Å². The Morgan fingerprint density at radius 3 is 2.53 bits per heavy atom. The Labute approximate surface area is 109 Å². The number of hydrogen-bond donors (Lipinski definition) is 3. The monoisotopic (exact) mass is 281 g/mol. The van der Waals surface area contributed by atoms with Gasteiger partial charge >= 0.3 is 5.97 Å². The van der Waals surface area contributed by atoms with Gasteiger partial charge in [0.2, 0.25) is 10.0 Å². The van der Waals surface area contributed by atoms with Crippen LogP contribution in [0, 0.1) is 0 Å². The summed E-state index contributed by atoms with van der Waals surface area (Å²) in [6, 6.07) is 6.72. The number of nitrogens with one attached hydrogen (secondary N) is 2. The van der Waals surface area contributed by atoms with Crippen LogP contribution in [0.5, 0.6) is 0 Å². The number of hydrogen-bond acceptors (Lipinski definition) is 4. The maximum Gasteiger partial charge on any atom is 0.326 e. The van der Waals surface area contributed by atoms with E-state index in [1.165, 1.54) is 18.3 Å². The van der Waals surface area contributed by atoms with Gasteiger partial charge in [-0.3, -0.25) is 9.89 Å². The Morgan fingerprint density at radius 2 is 2.00 bits per heavy atom. The van der Waals surface area contributed by atoms with Crippen molar-refractivity contribution in [2.24, 2.45) is 0 Å². The molecule has 1 unspecified atom stereocenters. The molecule has 2 aromatic rings. The third-order valence-electron chi connectivity index (χ3n) is 2.44. The second-order valence-electron chi connectivity index (χ2n) is 3.74. The van der Waals surface area contributed by atoms with Gasteiger partial charge in [0.05, 0.1) is 6.20 Å². The van der Waals surface area contributed by atoms with Gasteiger partial charge in [0.1, 0.15) is 10.9 Å². The molecular formula is C11H11N3O4S. The molecule has 0 fully saturated rings. The Morgan fingerprint density at radius 1 is 1.32 bits per heavy atom. The van der Waals surface area contributed by atoms with E-state index in [9.17, 15) is 13.2 Å². The van der Waals surface area contributed by atoms with Crippen LogP contribution in [-0.2, 0) is 14.8 Å². The van der Waals surface area contributed by atoms with E-state index in [0.717, 1.165) is 6.20 Å². The lowest BCUT2D eigenvalue weighted by molar-refractivity contribution is -0.139. The van der Waals surface area contributed by atoms with Crippen LogP contribution in [0.4, 0.5) is 0 Å². The quantitative estimate of drug-likeness (QED) is 0.739. The number of carboxylic acids is 1. The first kappa shape index (κ1) is 13.2. The average Bonchev–Trinajstić information content (AvgIpc) is 2.91. The van der Waals surface area contributed by atoms with E-state index in [1.54, 1.807) is 18.2 Å². The van der Waals surface area contributed by atoms with Gasteiger partial charge in [-0.05, 0) is 5.56 Å². The summed E-state index contributed by atoms with van der Waals surface area (Å²) in [6.07, 6.45) is 2.28. The van der Waals surface area contributed by atoms with Crippen LogP contribution in [0.3, 0.4) is 0 Å². The van der Waals surface area contributed by atoms with Crippen molar-refractivity contribution in [2.45, 2.75) is 10.9 Å². The predicted molar refractivity (Wildman–Crippen MR) is 65.7 cm³/mol. The Kier molecular flexibility index (Phi) is 3.63. The number of carboxylic acid groups (broad SMARTS) is 1. The van der Waals surface area contributed by atoms with Gasteiger partial charge in [-0.25, -0.2) is 8.42 Å². The number of nitrogens with zero attached hydrogens (tertiary/aromatic N) is 1. The van der Waals surface area contributed by atoms with E-state index in [4.69, 9.17) is 5.11 Å². The minimum atomic E-state index is -3.93. The van der Waals surface area contributed by atoms with Gasteiger partial charge in [0.25, 0.3) is 0 Å². The van der Waals surface area contributed by atoms with Crippen molar-refractivity contribution in [1.29, 1.82) is 0 Å². The first-order valence-electron chi connectivity index (χ1n) is 5.29. The molecule has 0 aliphatic rings. The highest BCUT2D eigenvalue weighted by Crippen LogP contribution is 2.16. The molecule has 3 N–H and O–H groups in total. The van der Waals surface area contributed by atoms with Crippen molar-refractivity contribution in [3.05, 3.63) is 48.3 Å². The van der Waals surface area contributed by atoms with Crippen LogP contribution in [0.1, 0.15) is 11.6 Å². The van der Waals surface area contributed by atoms with E-state index in [0.29, 0.717) is 5.56 Å². The second-order valence-corrected chi connectivity index (χ2v) is 5.45. The molecule has 100 valence electrons. The number of aromatic amines is 1. The summed E-state index contributed by atoms with van der Waals surface area (Å²) in [5, 5.41) is 15.0. The Bertz CT molecular complexity index is 653. The number of carbonyl (C=O) groups is 1. The lowest BCUT2D eigenvalue weighted by Gasteiger charge is -2.14. The number of rotatable bonds is 5. The zero-order valence-electron chi connectivity index (χ0n) is 9.65. The number of H-pyrrole nitrogens is 1. The van der Waals surface area contributed by atoms with Crippen LogP contribution in [0.2, 0.25) is 0 Å². The highest BCUT2D eigenvalue weighted by atomic mass is 32.2. The molecule has 7 nitrogen and oxygen atoms in total. The maximum absolute atomic E-state index is 11.9. The number of benzene rings is 1. The molecular weight excluding hydrogens is 270 g/mol. The van der Waals surface area contributed by atoms with Gasteiger partial charge in [-0.15, -0.1) is 0 Å². The summed E-state index contributed by atoms with van der Waals surface area (Å²) in [5.74, 6) is -1.28. The highest BCUT2D eigenvalue weighted by Gasteiger charge is 2.27. The molecule has 1 aromatic carbocycles. The van der Waals surface area contributed by atoms with Gasteiger partial charge in [0, 0.05) is 6.20 Å². The molecule has 8 heteroatoms. The van der Waals surface area contributed by atoms with Crippen LogP contribution in [0.15, 0.2) is 47.6 Å². The standard InChI is InChI=1S/C11H11N3O4S/c15-11(16)10(8-4-2-1-3-5-8)14-19(17,18)9-6-12-13-7-9/h1-7,10,14H,(H,12,13)(H,15,16). The first-order valence-corrected chi connectivity index (χ1v) is 6.78. The van der Waals surface area contributed by atoms with Crippen molar-refractivity contribution in [3.8, 4) is 0 Å². The summed E-state index contributed by atoms with van der Waals surface area (Å²) in [4.78, 5) is 11.1.